The van der Waals surface area contributed by atoms with Gasteiger partial charge in [0.1, 0.15) is 9.28 Å². The molecule has 2 heterocycles. The Kier molecular flexibility index (Phi) is 5.51. The highest BCUT2D eigenvalue weighted by Crippen LogP contribution is 2.19. The zero-order valence-corrected chi connectivity index (χ0v) is 17.1. The summed E-state index contributed by atoms with van der Waals surface area (Å²) in [5.41, 5.74) is 0.721. The van der Waals surface area contributed by atoms with Crippen molar-refractivity contribution >= 4 is 47.1 Å². The molecule has 4 rings (SSSR count). The molecular formula is C22H14N2O4S2. The van der Waals surface area contributed by atoms with Gasteiger partial charge in [0, 0.05) is 12.4 Å². The van der Waals surface area contributed by atoms with Gasteiger partial charge in [-0.3, -0.25) is 0 Å². The van der Waals surface area contributed by atoms with Crippen molar-refractivity contribution in [3.05, 3.63) is 106 Å². The maximum Gasteiger partial charge on any atom is 0.363 e. The molecule has 0 saturated carbocycles. The fraction of sp³-hybridized carbons (Fsp3) is 0. The average Bonchev–Trinajstić information content (AvgIpc) is 2.76. The van der Waals surface area contributed by atoms with Gasteiger partial charge in [-0.15, -0.1) is 0 Å². The zero-order valence-electron chi connectivity index (χ0n) is 15.4. The van der Waals surface area contributed by atoms with Gasteiger partial charge in [0.05, 0.1) is 11.1 Å². The van der Waals surface area contributed by atoms with E-state index in [4.69, 9.17) is 34.1 Å². The van der Waals surface area contributed by atoms with E-state index in [9.17, 15) is 9.59 Å². The Bertz CT molecular complexity index is 1280. The van der Waals surface area contributed by atoms with Gasteiger partial charge in [-0.1, -0.05) is 48.7 Å². The van der Waals surface area contributed by atoms with Crippen LogP contribution in [-0.2, 0) is 0 Å². The van der Waals surface area contributed by atoms with Crippen molar-refractivity contribution in [2.24, 2.45) is 0 Å². The van der Waals surface area contributed by atoms with Crippen molar-refractivity contribution in [2.75, 3.05) is 0 Å². The van der Waals surface area contributed by atoms with Crippen molar-refractivity contribution < 1.29 is 19.3 Å². The fourth-order valence-electron chi connectivity index (χ4n) is 2.76. The van der Waals surface area contributed by atoms with Crippen molar-refractivity contribution in [3.8, 4) is 0 Å². The lowest BCUT2D eigenvalue weighted by Crippen LogP contribution is -2.20. The monoisotopic (exact) mass is 434 g/mol. The van der Waals surface area contributed by atoms with E-state index in [1.165, 1.54) is 9.46 Å². The van der Waals surface area contributed by atoms with Crippen LogP contribution in [0.4, 0.5) is 0 Å². The van der Waals surface area contributed by atoms with E-state index < -0.39 is 11.9 Å². The smallest absolute Gasteiger partial charge is 0.330 e. The number of aromatic nitrogens is 2. The maximum absolute atomic E-state index is 12.4. The summed E-state index contributed by atoms with van der Waals surface area (Å²) in [6, 6.07) is 20.4. The lowest BCUT2D eigenvalue weighted by atomic mass is 10.0. The summed E-state index contributed by atoms with van der Waals surface area (Å²) in [5.74, 6) is -1.08. The highest BCUT2D eigenvalue weighted by atomic mass is 32.1. The second kappa shape index (κ2) is 8.40. The third kappa shape index (κ3) is 4.19. The molecule has 0 fully saturated rings. The predicted octanol–water partition coefficient (Wildman–Crippen LogP) is 4.44. The fourth-order valence-corrected chi connectivity index (χ4v) is 3.11. The van der Waals surface area contributed by atoms with E-state index in [1.807, 2.05) is 0 Å². The molecule has 148 valence electrons. The van der Waals surface area contributed by atoms with Gasteiger partial charge in [-0.2, -0.15) is 9.46 Å². The third-order valence-electron chi connectivity index (χ3n) is 4.25. The molecule has 0 aliphatic carbocycles. The number of rotatable bonds is 4. The van der Waals surface area contributed by atoms with Crippen LogP contribution < -0.4 is 9.68 Å². The SMILES string of the molecule is O=C(On1ccccc1=S)c1ccc2cc(C(=O)On3ccccc3=S)ccc2c1. The molecule has 0 N–H and O–H groups in total. The molecule has 0 aliphatic heterocycles. The second-order valence-electron chi connectivity index (χ2n) is 6.26. The summed E-state index contributed by atoms with van der Waals surface area (Å²) >= 11 is 10.2. The van der Waals surface area contributed by atoms with E-state index >= 15 is 0 Å². The first-order valence-electron chi connectivity index (χ1n) is 8.86. The zero-order chi connectivity index (χ0) is 21.1. The molecule has 0 radical (unpaired) electrons. The molecule has 4 aromatic rings. The Morgan fingerprint density at radius 1 is 0.633 bits per heavy atom. The van der Waals surface area contributed by atoms with E-state index in [2.05, 4.69) is 0 Å². The Balaban J connectivity index is 1.56. The van der Waals surface area contributed by atoms with Crippen LogP contribution in [0.25, 0.3) is 10.8 Å². The van der Waals surface area contributed by atoms with E-state index in [1.54, 1.807) is 85.2 Å². The van der Waals surface area contributed by atoms with Crippen LogP contribution >= 0.6 is 24.4 Å². The van der Waals surface area contributed by atoms with Crippen LogP contribution in [0.1, 0.15) is 20.7 Å². The summed E-state index contributed by atoms with van der Waals surface area (Å²) in [6.07, 6.45) is 3.14. The van der Waals surface area contributed by atoms with E-state index in [-0.39, 0.29) is 0 Å². The molecular weight excluding hydrogens is 420 g/mol. The van der Waals surface area contributed by atoms with Gasteiger partial charge in [0.25, 0.3) is 0 Å². The van der Waals surface area contributed by atoms with Gasteiger partial charge in [-0.05, 0) is 59.3 Å². The van der Waals surface area contributed by atoms with E-state index in [0.717, 1.165) is 10.8 Å². The van der Waals surface area contributed by atoms with Crippen LogP contribution in [0.15, 0.2) is 85.2 Å². The summed E-state index contributed by atoms with van der Waals surface area (Å²) in [4.78, 5) is 35.5. The molecule has 6 nitrogen and oxygen atoms in total. The minimum atomic E-state index is -0.541. The summed E-state index contributed by atoms with van der Waals surface area (Å²) < 4.78 is 3.23. The number of pyridine rings is 2. The standard InChI is InChI=1S/C22H14N2O4S2/c25-21(27-23-11-3-1-5-19(23)29)17-9-7-16-14-18(10-8-15(16)13-17)22(26)28-24-12-4-2-6-20(24)30/h1-14H. The first kappa shape index (κ1) is 19.7. The highest BCUT2D eigenvalue weighted by molar-refractivity contribution is 7.71. The predicted molar refractivity (Wildman–Crippen MR) is 116 cm³/mol. The number of carbonyl (C=O) groups is 2. The van der Waals surface area contributed by atoms with Crippen molar-refractivity contribution in [1.82, 2.24) is 9.46 Å². The van der Waals surface area contributed by atoms with Gasteiger partial charge in [0.2, 0.25) is 0 Å². The number of nitrogens with zero attached hydrogens (tertiary/aromatic N) is 2. The van der Waals surface area contributed by atoms with Crippen LogP contribution in [0.5, 0.6) is 0 Å². The Labute approximate surface area is 181 Å². The maximum atomic E-state index is 12.4. The van der Waals surface area contributed by atoms with Gasteiger partial charge in [0.15, 0.2) is 0 Å². The molecule has 0 spiro atoms. The van der Waals surface area contributed by atoms with Gasteiger partial charge >= 0.3 is 11.9 Å². The third-order valence-corrected chi connectivity index (χ3v) is 4.88. The lowest BCUT2D eigenvalue weighted by molar-refractivity contribution is 0.0443. The molecule has 0 unspecified atom stereocenters. The Morgan fingerprint density at radius 3 is 1.47 bits per heavy atom. The topological polar surface area (TPSA) is 62.5 Å². The normalized spacial score (nSPS) is 10.5. The van der Waals surface area contributed by atoms with Crippen LogP contribution in [0.3, 0.4) is 0 Å². The van der Waals surface area contributed by atoms with Crippen LogP contribution in [0, 0.1) is 9.28 Å². The minimum absolute atomic E-state index is 0.360. The number of hydrogen-bond donors (Lipinski definition) is 0. The number of carbonyl (C=O) groups excluding carboxylic acids is 2. The Hall–Kier alpha value is -3.62. The molecule has 2 aromatic heterocycles. The number of fused-ring (bicyclic) bond motifs is 1. The van der Waals surface area contributed by atoms with Crippen molar-refractivity contribution in [2.45, 2.75) is 0 Å². The van der Waals surface area contributed by atoms with Crippen molar-refractivity contribution in [1.29, 1.82) is 0 Å². The van der Waals surface area contributed by atoms with Crippen molar-refractivity contribution in [3.63, 3.8) is 0 Å². The number of benzene rings is 2. The quantitative estimate of drug-likeness (QED) is 0.443. The first-order chi connectivity index (χ1) is 14.5. The van der Waals surface area contributed by atoms with Crippen LogP contribution in [-0.4, -0.2) is 21.4 Å². The molecule has 2 aromatic carbocycles. The molecule has 0 aliphatic rings. The molecule has 0 amide bonds. The summed E-state index contributed by atoms with van der Waals surface area (Å²) in [5, 5.41) is 1.54. The molecule has 8 heteroatoms. The first-order valence-corrected chi connectivity index (χ1v) is 9.67. The summed E-state index contributed by atoms with van der Waals surface area (Å²) in [6.45, 7) is 0. The average molecular weight is 434 g/mol. The largest absolute Gasteiger partial charge is 0.363 e. The molecule has 0 bridgehead atoms. The highest BCUT2D eigenvalue weighted by Gasteiger charge is 2.13. The minimum Gasteiger partial charge on any atom is -0.330 e. The van der Waals surface area contributed by atoms with Gasteiger partial charge < -0.3 is 9.68 Å². The molecule has 0 saturated heterocycles. The van der Waals surface area contributed by atoms with Crippen LogP contribution in [0.2, 0.25) is 0 Å². The van der Waals surface area contributed by atoms with E-state index in [0.29, 0.717) is 20.4 Å². The lowest BCUT2D eigenvalue weighted by Gasteiger charge is -2.09. The van der Waals surface area contributed by atoms with Gasteiger partial charge in [-0.25, -0.2) is 9.59 Å². The Morgan fingerprint density at radius 2 is 1.07 bits per heavy atom. The second-order valence-corrected chi connectivity index (χ2v) is 7.10. The summed E-state index contributed by atoms with van der Waals surface area (Å²) in [7, 11) is 0. The number of hydrogen-bond acceptors (Lipinski definition) is 6. The molecule has 0 atom stereocenters. The molecule has 30 heavy (non-hydrogen) atoms.